The maximum absolute atomic E-state index is 13.1. The van der Waals surface area contributed by atoms with Crippen LogP contribution < -0.4 is 5.32 Å². The molecule has 2 heterocycles. The van der Waals surface area contributed by atoms with Crippen LogP contribution in [-0.4, -0.2) is 35.3 Å². The average Bonchev–Trinajstić information content (AvgIpc) is 3.03. The minimum absolute atomic E-state index is 0.228. The first-order chi connectivity index (χ1) is 13.0. The second kappa shape index (κ2) is 6.91. The van der Waals surface area contributed by atoms with Crippen LogP contribution in [0.1, 0.15) is 27.7 Å². The molecule has 0 bridgehead atoms. The maximum Gasteiger partial charge on any atom is 0.254 e. The summed E-state index contributed by atoms with van der Waals surface area (Å²) in [4.78, 5) is 30.7. The van der Waals surface area contributed by atoms with Gasteiger partial charge in [0, 0.05) is 40.1 Å². The first-order valence-corrected chi connectivity index (χ1v) is 9.33. The molecule has 27 heavy (non-hydrogen) atoms. The van der Waals surface area contributed by atoms with Crippen LogP contribution in [0.15, 0.2) is 42.5 Å². The second-order valence-electron chi connectivity index (χ2n) is 6.48. The molecule has 1 aliphatic rings. The van der Waals surface area contributed by atoms with Gasteiger partial charge in [0.1, 0.15) is 0 Å². The van der Waals surface area contributed by atoms with E-state index in [2.05, 4.69) is 10.3 Å². The molecule has 0 saturated heterocycles. The Kier molecular flexibility index (Phi) is 4.58. The van der Waals surface area contributed by atoms with Gasteiger partial charge in [-0.1, -0.05) is 29.3 Å². The topological polar surface area (TPSA) is 65.2 Å². The number of hydrogen-bond donors (Lipinski definition) is 2. The van der Waals surface area contributed by atoms with Crippen molar-refractivity contribution in [1.29, 1.82) is 0 Å². The number of nitrogens with one attached hydrogen (secondary N) is 2. The van der Waals surface area contributed by atoms with Crippen LogP contribution in [0.2, 0.25) is 10.0 Å². The highest BCUT2D eigenvalue weighted by atomic mass is 35.5. The summed E-state index contributed by atoms with van der Waals surface area (Å²) in [5, 5.41) is 4.78. The summed E-state index contributed by atoms with van der Waals surface area (Å²) in [6, 6.07) is 11.6. The zero-order chi connectivity index (χ0) is 19.1. The van der Waals surface area contributed by atoms with Crippen molar-refractivity contribution >= 4 is 45.9 Å². The van der Waals surface area contributed by atoms with Gasteiger partial charge in [0.15, 0.2) is 6.04 Å². The smallest absolute Gasteiger partial charge is 0.254 e. The fourth-order valence-corrected chi connectivity index (χ4v) is 4.04. The van der Waals surface area contributed by atoms with Gasteiger partial charge >= 0.3 is 0 Å². The molecule has 2 amide bonds. The van der Waals surface area contributed by atoms with Crippen molar-refractivity contribution < 1.29 is 9.59 Å². The van der Waals surface area contributed by atoms with E-state index in [-0.39, 0.29) is 11.8 Å². The minimum atomic E-state index is -0.739. The number of aromatic nitrogens is 1. The molecule has 5 nitrogen and oxygen atoms in total. The number of halogens is 2. The van der Waals surface area contributed by atoms with E-state index in [9.17, 15) is 9.59 Å². The lowest BCUT2D eigenvalue weighted by Gasteiger charge is -2.34. The normalized spacial score (nSPS) is 16.3. The van der Waals surface area contributed by atoms with E-state index >= 15 is 0 Å². The van der Waals surface area contributed by atoms with Gasteiger partial charge in [-0.05, 0) is 48.4 Å². The number of nitrogens with zero attached hydrogens (tertiary/aromatic N) is 1. The Labute approximate surface area is 166 Å². The summed E-state index contributed by atoms with van der Waals surface area (Å²) in [6.45, 7) is 0.426. The molecule has 138 valence electrons. The fraction of sp³-hybridized carbons (Fsp3) is 0.200. The maximum atomic E-state index is 13.1. The molecule has 1 unspecified atom stereocenters. The van der Waals surface area contributed by atoms with Crippen molar-refractivity contribution in [3.05, 3.63) is 69.3 Å². The zero-order valence-corrected chi connectivity index (χ0v) is 16.1. The van der Waals surface area contributed by atoms with Crippen LogP contribution in [0.3, 0.4) is 0 Å². The van der Waals surface area contributed by atoms with E-state index in [0.29, 0.717) is 28.6 Å². The molecule has 0 radical (unpaired) electrons. The molecule has 0 spiro atoms. The molecule has 1 aliphatic heterocycles. The van der Waals surface area contributed by atoms with E-state index in [4.69, 9.17) is 23.2 Å². The first-order valence-electron chi connectivity index (χ1n) is 8.57. The second-order valence-corrected chi connectivity index (χ2v) is 7.36. The number of carbonyl (C=O) groups excluding carboxylic acids is 2. The Balaban J connectivity index is 1.82. The predicted molar refractivity (Wildman–Crippen MR) is 106 cm³/mol. The van der Waals surface area contributed by atoms with Crippen molar-refractivity contribution in [2.45, 2.75) is 12.5 Å². The number of hydrogen-bond acceptors (Lipinski definition) is 2. The number of aromatic amines is 1. The predicted octanol–water partition coefficient (Wildman–Crippen LogP) is 3.96. The molecule has 7 heteroatoms. The Morgan fingerprint density at radius 1 is 1.15 bits per heavy atom. The minimum Gasteiger partial charge on any atom is -0.357 e. The van der Waals surface area contributed by atoms with Crippen molar-refractivity contribution in [3.63, 3.8) is 0 Å². The Morgan fingerprint density at radius 2 is 1.93 bits per heavy atom. The molecule has 0 aliphatic carbocycles. The third-order valence-corrected chi connectivity index (χ3v) is 5.39. The number of fused-ring (bicyclic) bond motifs is 3. The highest BCUT2D eigenvalue weighted by molar-refractivity contribution is 6.31. The van der Waals surface area contributed by atoms with E-state index in [1.807, 2.05) is 12.1 Å². The molecule has 0 saturated carbocycles. The van der Waals surface area contributed by atoms with Gasteiger partial charge in [0.25, 0.3) is 5.91 Å². The highest BCUT2D eigenvalue weighted by Gasteiger charge is 2.38. The molecule has 2 aromatic carbocycles. The van der Waals surface area contributed by atoms with Gasteiger partial charge in [-0.15, -0.1) is 0 Å². The van der Waals surface area contributed by atoms with Gasteiger partial charge in [0.05, 0.1) is 5.69 Å². The first kappa shape index (κ1) is 17.9. The summed E-state index contributed by atoms with van der Waals surface area (Å²) < 4.78 is 0. The SMILES string of the molecule is CNC(=O)C1c2[nH]c3ccc(Cl)cc3c2CCN1C(=O)c1cccc(Cl)c1. The van der Waals surface area contributed by atoms with Gasteiger partial charge in [0.2, 0.25) is 5.91 Å². The molecule has 1 aromatic heterocycles. The molecular weight excluding hydrogens is 385 g/mol. The number of likely N-dealkylation sites (N-methyl/N-ethyl adjacent to an activating group) is 1. The van der Waals surface area contributed by atoms with Crippen LogP contribution >= 0.6 is 23.2 Å². The fourth-order valence-electron chi connectivity index (χ4n) is 3.68. The number of amides is 2. The summed E-state index contributed by atoms with van der Waals surface area (Å²) in [5.41, 5.74) is 3.11. The van der Waals surface area contributed by atoms with Crippen molar-refractivity contribution in [2.75, 3.05) is 13.6 Å². The lowest BCUT2D eigenvalue weighted by Crippen LogP contribution is -2.46. The van der Waals surface area contributed by atoms with Crippen molar-refractivity contribution in [3.8, 4) is 0 Å². The average molecular weight is 402 g/mol. The van der Waals surface area contributed by atoms with Crippen LogP contribution in [0.4, 0.5) is 0 Å². The number of benzene rings is 2. The van der Waals surface area contributed by atoms with Gasteiger partial charge in [-0.3, -0.25) is 9.59 Å². The molecule has 2 N–H and O–H groups in total. The lowest BCUT2D eigenvalue weighted by atomic mass is 9.96. The van der Waals surface area contributed by atoms with Crippen molar-refractivity contribution in [2.24, 2.45) is 0 Å². The summed E-state index contributed by atoms with van der Waals surface area (Å²) >= 11 is 12.2. The Bertz CT molecular complexity index is 1060. The van der Waals surface area contributed by atoms with Gasteiger partial charge < -0.3 is 15.2 Å². The third kappa shape index (κ3) is 3.07. The van der Waals surface area contributed by atoms with Crippen LogP contribution in [0, 0.1) is 0 Å². The van der Waals surface area contributed by atoms with E-state index in [1.54, 1.807) is 42.3 Å². The van der Waals surface area contributed by atoms with E-state index in [1.165, 1.54) is 0 Å². The van der Waals surface area contributed by atoms with Crippen LogP contribution in [0.25, 0.3) is 10.9 Å². The van der Waals surface area contributed by atoms with Gasteiger partial charge in [-0.25, -0.2) is 0 Å². The third-order valence-electron chi connectivity index (χ3n) is 4.92. The van der Waals surface area contributed by atoms with Crippen LogP contribution in [-0.2, 0) is 11.2 Å². The van der Waals surface area contributed by atoms with Crippen LogP contribution in [0.5, 0.6) is 0 Å². The molecule has 3 aromatic rings. The molecular formula is C20H17Cl2N3O2. The van der Waals surface area contributed by atoms with E-state index < -0.39 is 6.04 Å². The standard InChI is InChI=1S/C20H17Cl2N3O2/c1-23-19(26)18-17-14(15-10-13(22)5-6-16(15)24-17)7-8-25(18)20(27)11-3-2-4-12(21)9-11/h2-6,9-10,18,24H,7-8H2,1H3,(H,23,26). The summed E-state index contributed by atoms with van der Waals surface area (Å²) in [7, 11) is 1.57. The number of carbonyl (C=O) groups is 2. The molecule has 0 fully saturated rings. The molecule has 4 rings (SSSR count). The van der Waals surface area contributed by atoms with Gasteiger partial charge in [-0.2, -0.15) is 0 Å². The zero-order valence-electron chi connectivity index (χ0n) is 14.6. The number of H-pyrrole nitrogens is 1. The summed E-state index contributed by atoms with van der Waals surface area (Å²) in [5.74, 6) is -0.475. The Morgan fingerprint density at radius 3 is 2.67 bits per heavy atom. The summed E-state index contributed by atoms with van der Waals surface area (Å²) in [6.07, 6.45) is 0.634. The van der Waals surface area contributed by atoms with Crippen molar-refractivity contribution in [1.82, 2.24) is 15.2 Å². The Hall–Kier alpha value is -2.50. The molecule has 1 atom stereocenters. The highest BCUT2D eigenvalue weighted by Crippen LogP contribution is 2.36. The quantitative estimate of drug-likeness (QED) is 0.682. The van der Waals surface area contributed by atoms with E-state index in [0.717, 1.165) is 22.2 Å². The monoisotopic (exact) mass is 401 g/mol. The number of rotatable bonds is 2. The largest absolute Gasteiger partial charge is 0.357 e. The lowest BCUT2D eigenvalue weighted by molar-refractivity contribution is -0.125.